The maximum absolute atomic E-state index is 5.97. The molecule has 5 heteroatoms. The monoisotopic (exact) mass is 350 g/mol. The highest BCUT2D eigenvalue weighted by atomic mass is 16.5. The first-order chi connectivity index (χ1) is 12.7. The second-order valence-electron chi connectivity index (χ2n) is 7.29. The smallest absolute Gasteiger partial charge is 0.157 e. The summed E-state index contributed by atoms with van der Waals surface area (Å²) in [6.07, 6.45) is 4.46. The largest absolute Gasteiger partial charge is 0.493 e. The Bertz CT molecular complexity index is 874. The minimum absolute atomic E-state index is 0.584. The van der Waals surface area contributed by atoms with E-state index in [9.17, 15) is 0 Å². The average molecular weight is 350 g/mol. The molecule has 0 aliphatic carbocycles. The van der Waals surface area contributed by atoms with Gasteiger partial charge in [0.1, 0.15) is 5.75 Å². The molecule has 0 spiro atoms. The van der Waals surface area contributed by atoms with Crippen LogP contribution in [-0.2, 0) is 13.6 Å². The molecule has 1 fully saturated rings. The van der Waals surface area contributed by atoms with E-state index >= 15 is 0 Å². The molecule has 0 bridgehead atoms. The predicted molar refractivity (Wildman–Crippen MR) is 103 cm³/mol. The van der Waals surface area contributed by atoms with Crippen molar-refractivity contribution in [3.05, 3.63) is 53.9 Å². The summed E-state index contributed by atoms with van der Waals surface area (Å²) >= 11 is 0. The average Bonchev–Trinajstić information content (AvgIpc) is 2.95. The normalized spacial score (nSPS) is 18.3. The van der Waals surface area contributed by atoms with Gasteiger partial charge in [-0.3, -0.25) is 9.58 Å². The summed E-state index contributed by atoms with van der Waals surface area (Å²) in [7, 11) is 1.95. The number of hydrogen-bond acceptors (Lipinski definition) is 4. The summed E-state index contributed by atoms with van der Waals surface area (Å²) in [5.41, 5.74) is 3.27. The van der Waals surface area contributed by atoms with Gasteiger partial charge in [0.25, 0.3) is 0 Å². The Balaban J connectivity index is 1.38. The van der Waals surface area contributed by atoms with Crippen molar-refractivity contribution in [2.45, 2.75) is 26.3 Å². The van der Waals surface area contributed by atoms with E-state index in [0.717, 1.165) is 48.7 Å². The number of rotatable bonds is 5. The van der Waals surface area contributed by atoms with Gasteiger partial charge in [0.2, 0.25) is 0 Å². The van der Waals surface area contributed by atoms with E-state index in [1.54, 1.807) is 0 Å². The Morgan fingerprint density at radius 3 is 2.92 bits per heavy atom. The number of hydrogen-bond donors (Lipinski definition) is 0. The van der Waals surface area contributed by atoms with Gasteiger partial charge in [-0.1, -0.05) is 18.2 Å². The maximum atomic E-state index is 5.97. The third-order valence-electron chi connectivity index (χ3n) is 5.16. The van der Waals surface area contributed by atoms with Crippen molar-refractivity contribution in [2.24, 2.45) is 13.0 Å². The van der Waals surface area contributed by atoms with Gasteiger partial charge in [-0.25, -0.2) is 4.98 Å². The molecule has 1 unspecified atom stereocenters. The van der Waals surface area contributed by atoms with Crippen molar-refractivity contribution in [2.75, 3.05) is 19.7 Å². The summed E-state index contributed by atoms with van der Waals surface area (Å²) in [5.74, 6) is 1.55. The molecular formula is C21H26N4O. The molecule has 0 amide bonds. The Hall–Kier alpha value is -2.40. The topological polar surface area (TPSA) is 43.2 Å². The first-order valence-electron chi connectivity index (χ1n) is 9.37. The van der Waals surface area contributed by atoms with Gasteiger partial charge in [-0.15, -0.1) is 0 Å². The van der Waals surface area contributed by atoms with E-state index in [1.807, 2.05) is 55.2 Å². The fourth-order valence-electron chi connectivity index (χ4n) is 3.86. The number of fused-ring (bicyclic) bond motifs is 1. The molecule has 5 nitrogen and oxygen atoms in total. The van der Waals surface area contributed by atoms with Crippen LogP contribution in [0, 0.1) is 12.8 Å². The molecular weight excluding hydrogens is 324 g/mol. The van der Waals surface area contributed by atoms with Crippen LogP contribution in [0.2, 0.25) is 0 Å². The molecule has 0 N–H and O–H groups in total. The molecule has 0 radical (unpaired) electrons. The van der Waals surface area contributed by atoms with Crippen molar-refractivity contribution >= 4 is 11.0 Å². The number of piperidine rings is 1. The van der Waals surface area contributed by atoms with Crippen molar-refractivity contribution in [3.8, 4) is 5.75 Å². The van der Waals surface area contributed by atoms with Gasteiger partial charge >= 0.3 is 0 Å². The molecule has 26 heavy (non-hydrogen) atoms. The Kier molecular flexibility index (Phi) is 4.89. The second kappa shape index (κ2) is 7.46. The van der Waals surface area contributed by atoms with Gasteiger partial charge < -0.3 is 4.74 Å². The van der Waals surface area contributed by atoms with E-state index in [2.05, 4.69) is 21.0 Å². The molecule has 1 atom stereocenters. The second-order valence-corrected chi connectivity index (χ2v) is 7.29. The summed E-state index contributed by atoms with van der Waals surface area (Å²) < 4.78 is 7.82. The van der Waals surface area contributed by atoms with Crippen LogP contribution in [0.5, 0.6) is 5.75 Å². The van der Waals surface area contributed by atoms with E-state index in [0.29, 0.717) is 5.92 Å². The van der Waals surface area contributed by atoms with Gasteiger partial charge in [-0.2, -0.15) is 5.10 Å². The van der Waals surface area contributed by atoms with Crippen LogP contribution in [0.15, 0.2) is 42.6 Å². The van der Waals surface area contributed by atoms with E-state index in [4.69, 9.17) is 4.74 Å². The first kappa shape index (κ1) is 17.0. The highest BCUT2D eigenvalue weighted by Gasteiger charge is 2.21. The fraction of sp³-hybridized carbons (Fsp3) is 0.429. The van der Waals surface area contributed by atoms with Crippen molar-refractivity contribution < 1.29 is 4.74 Å². The highest BCUT2D eigenvalue weighted by molar-refractivity contribution is 5.78. The number of ether oxygens (including phenoxy) is 1. The SMILES string of the molecule is Cc1nn(C)c2ncc(CN3CCCC(COc4ccccc4)C3)cc12. The van der Waals surface area contributed by atoms with Crippen LogP contribution in [-0.4, -0.2) is 39.4 Å². The van der Waals surface area contributed by atoms with E-state index in [1.165, 1.54) is 18.4 Å². The Labute approximate surface area is 154 Å². The molecule has 3 heterocycles. The summed E-state index contributed by atoms with van der Waals surface area (Å²) in [4.78, 5) is 7.14. The number of para-hydroxylation sites is 1. The lowest BCUT2D eigenvalue weighted by Gasteiger charge is -2.32. The number of likely N-dealkylation sites (tertiary alicyclic amines) is 1. The summed E-state index contributed by atoms with van der Waals surface area (Å²) in [5, 5.41) is 5.63. The summed E-state index contributed by atoms with van der Waals surface area (Å²) in [6, 6.07) is 12.4. The van der Waals surface area contributed by atoms with Crippen molar-refractivity contribution in [1.82, 2.24) is 19.7 Å². The summed E-state index contributed by atoms with van der Waals surface area (Å²) in [6.45, 7) is 6.01. The van der Waals surface area contributed by atoms with Crippen LogP contribution in [0.3, 0.4) is 0 Å². The van der Waals surface area contributed by atoms with Crippen LogP contribution in [0.1, 0.15) is 24.1 Å². The lowest BCUT2D eigenvalue weighted by Crippen LogP contribution is -2.37. The van der Waals surface area contributed by atoms with E-state index < -0.39 is 0 Å². The maximum Gasteiger partial charge on any atom is 0.157 e. The standard InChI is InChI=1S/C21H26N4O/c1-16-20-11-18(12-22-21(20)24(2)23-16)14-25-10-6-7-17(13-25)15-26-19-8-4-3-5-9-19/h3-5,8-9,11-12,17H,6-7,10,13-15H2,1-2H3. The molecule has 4 rings (SSSR count). The number of pyridine rings is 1. The zero-order valence-electron chi connectivity index (χ0n) is 15.6. The molecule has 136 valence electrons. The van der Waals surface area contributed by atoms with Crippen LogP contribution < -0.4 is 4.74 Å². The zero-order valence-corrected chi connectivity index (χ0v) is 15.6. The lowest BCUT2D eigenvalue weighted by molar-refractivity contribution is 0.125. The van der Waals surface area contributed by atoms with E-state index in [-0.39, 0.29) is 0 Å². The molecule has 3 aromatic rings. The molecule has 1 saturated heterocycles. The van der Waals surface area contributed by atoms with Gasteiger partial charge in [-0.05, 0) is 50.1 Å². The molecule has 2 aromatic heterocycles. The fourth-order valence-corrected chi connectivity index (χ4v) is 3.86. The zero-order chi connectivity index (χ0) is 17.9. The molecule has 1 aliphatic rings. The molecule has 1 aromatic carbocycles. The number of aryl methyl sites for hydroxylation is 2. The van der Waals surface area contributed by atoms with Crippen molar-refractivity contribution in [3.63, 3.8) is 0 Å². The van der Waals surface area contributed by atoms with Gasteiger partial charge in [0, 0.05) is 37.6 Å². The van der Waals surface area contributed by atoms with Crippen LogP contribution in [0.25, 0.3) is 11.0 Å². The minimum Gasteiger partial charge on any atom is -0.493 e. The number of benzene rings is 1. The van der Waals surface area contributed by atoms with Crippen molar-refractivity contribution in [1.29, 1.82) is 0 Å². The quantitative estimate of drug-likeness (QED) is 0.706. The third kappa shape index (κ3) is 3.73. The van der Waals surface area contributed by atoms with Gasteiger partial charge in [0.15, 0.2) is 5.65 Å². The molecule has 0 saturated carbocycles. The highest BCUT2D eigenvalue weighted by Crippen LogP contribution is 2.22. The predicted octanol–water partition coefficient (Wildman–Crippen LogP) is 3.57. The number of nitrogens with zero attached hydrogens (tertiary/aromatic N) is 4. The Morgan fingerprint density at radius 2 is 2.08 bits per heavy atom. The first-order valence-corrected chi connectivity index (χ1v) is 9.37. The number of aromatic nitrogens is 3. The minimum atomic E-state index is 0.584. The lowest BCUT2D eigenvalue weighted by atomic mass is 9.98. The third-order valence-corrected chi connectivity index (χ3v) is 5.16. The van der Waals surface area contributed by atoms with Crippen LogP contribution in [0.4, 0.5) is 0 Å². The molecule has 1 aliphatic heterocycles. The van der Waals surface area contributed by atoms with Crippen LogP contribution >= 0.6 is 0 Å². The van der Waals surface area contributed by atoms with Gasteiger partial charge in [0.05, 0.1) is 12.3 Å². The Morgan fingerprint density at radius 1 is 1.23 bits per heavy atom.